The minimum absolute atomic E-state index is 0.553. The van der Waals surface area contributed by atoms with E-state index in [9.17, 15) is 0 Å². The van der Waals surface area contributed by atoms with E-state index in [1.54, 1.807) is 17.8 Å². The number of thioether (sulfide) groups is 1. The Balaban J connectivity index is 2.19. The first-order valence-electron chi connectivity index (χ1n) is 6.03. The molecular formula is C13H16Cl2N2S. The highest BCUT2D eigenvalue weighted by molar-refractivity contribution is 8.13. The minimum Gasteiger partial charge on any atom is -0.351 e. The molecule has 1 aliphatic heterocycles. The van der Waals surface area contributed by atoms with Crippen LogP contribution in [0, 0.1) is 0 Å². The van der Waals surface area contributed by atoms with Crippen molar-refractivity contribution < 1.29 is 0 Å². The number of likely N-dealkylation sites (tertiary alicyclic amines) is 1. The van der Waals surface area contributed by atoms with Crippen LogP contribution in [0.4, 0.5) is 5.69 Å². The smallest absolute Gasteiger partial charge is 0.164 e. The number of amidine groups is 1. The highest BCUT2D eigenvalue weighted by Gasteiger charge is 2.14. The van der Waals surface area contributed by atoms with Crippen LogP contribution in [0.25, 0.3) is 0 Å². The summed E-state index contributed by atoms with van der Waals surface area (Å²) in [5.41, 5.74) is 0.860. The molecule has 0 radical (unpaired) electrons. The van der Waals surface area contributed by atoms with E-state index < -0.39 is 0 Å². The Hall–Kier alpha value is -0.380. The monoisotopic (exact) mass is 302 g/mol. The molecule has 0 bridgehead atoms. The Morgan fingerprint density at radius 3 is 2.50 bits per heavy atom. The lowest BCUT2D eigenvalue weighted by Gasteiger charge is -2.28. The SMILES string of the molecule is CS/C(=N\c1ccc(Cl)c(Cl)c1)N1CCCCC1. The molecule has 0 aromatic heterocycles. The quantitative estimate of drug-likeness (QED) is 0.545. The van der Waals surface area contributed by atoms with Crippen LogP contribution in [0.1, 0.15) is 19.3 Å². The molecule has 1 aromatic rings. The van der Waals surface area contributed by atoms with Gasteiger partial charge < -0.3 is 4.90 Å². The Morgan fingerprint density at radius 2 is 1.89 bits per heavy atom. The molecule has 0 spiro atoms. The first kappa shape index (κ1) is 14.0. The van der Waals surface area contributed by atoms with Gasteiger partial charge in [-0.1, -0.05) is 35.0 Å². The summed E-state index contributed by atoms with van der Waals surface area (Å²) in [4.78, 5) is 7.01. The fourth-order valence-corrected chi connectivity index (χ4v) is 2.93. The van der Waals surface area contributed by atoms with Gasteiger partial charge in [0.2, 0.25) is 0 Å². The molecule has 1 heterocycles. The van der Waals surface area contributed by atoms with Gasteiger partial charge in [0.05, 0.1) is 15.7 Å². The van der Waals surface area contributed by atoms with Crippen molar-refractivity contribution in [2.75, 3.05) is 19.3 Å². The van der Waals surface area contributed by atoms with Gasteiger partial charge in [0, 0.05) is 13.1 Å². The van der Waals surface area contributed by atoms with E-state index in [0.717, 1.165) is 23.9 Å². The van der Waals surface area contributed by atoms with Gasteiger partial charge in [-0.05, 0) is 43.7 Å². The summed E-state index contributed by atoms with van der Waals surface area (Å²) >= 11 is 13.6. The molecule has 1 fully saturated rings. The van der Waals surface area contributed by atoms with Crippen LogP contribution < -0.4 is 0 Å². The van der Waals surface area contributed by atoms with E-state index in [4.69, 9.17) is 23.2 Å². The Labute approximate surface area is 122 Å². The fourth-order valence-electron chi connectivity index (χ4n) is 2.00. The lowest BCUT2D eigenvalue weighted by molar-refractivity contribution is 0.348. The van der Waals surface area contributed by atoms with Crippen LogP contribution in [0.5, 0.6) is 0 Å². The summed E-state index contributed by atoms with van der Waals surface area (Å²) in [6.45, 7) is 2.20. The van der Waals surface area contributed by atoms with Crippen LogP contribution in [-0.2, 0) is 0 Å². The molecule has 0 saturated carbocycles. The predicted octanol–water partition coefficient (Wildman–Crippen LogP) is 4.83. The first-order valence-corrected chi connectivity index (χ1v) is 8.01. The maximum atomic E-state index is 6.00. The van der Waals surface area contributed by atoms with Crippen LogP contribution in [0.15, 0.2) is 23.2 Å². The third-order valence-electron chi connectivity index (χ3n) is 2.94. The molecule has 0 unspecified atom stereocenters. The van der Waals surface area contributed by atoms with Crippen molar-refractivity contribution in [3.05, 3.63) is 28.2 Å². The van der Waals surface area contributed by atoms with Gasteiger partial charge >= 0.3 is 0 Å². The summed E-state index contributed by atoms with van der Waals surface area (Å²) in [7, 11) is 0. The van der Waals surface area contributed by atoms with Crippen molar-refractivity contribution in [2.45, 2.75) is 19.3 Å². The number of hydrogen-bond acceptors (Lipinski definition) is 2. The maximum absolute atomic E-state index is 6.00. The normalized spacial score (nSPS) is 17.1. The van der Waals surface area contributed by atoms with E-state index in [-0.39, 0.29) is 0 Å². The van der Waals surface area contributed by atoms with Gasteiger partial charge in [-0.3, -0.25) is 0 Å². The fraction of sp³-hybridized carbons (Fsp3) is 0.462. The van der Waals surface area contributed by atoms with E-state index in [0.29, 0.717) is 10.0 Å². The molecule has 18 heavy (non-hydrogen) atoms. The van der Waals surface area contributed by atoms with Crippen molar-refractivity contribution in [3.63, 3.8) is 0 Å². The standard InChI is InChI=1S/C13H16Cl2N2S/c1-18-13(17-7-3-2-4-8-17)16-10-5-6-11(14)12(15)9-10/h5-6,9H,2-4,7-8H2,1H3/b16-13-. The summed E-state index contributed by atoms with van der Waals surface area (Å²) in [6, 6.07) is 5.50. The second-order valence-corrected chi connectivity index (χ2v) is 5.83. The molecule has 2 rings (SSSR count). The van der Waals surface area contributed by atoms with Crippen molar-refractivity contribution in [1.82, 2.24) is 4.90 Å². The van der Waals surface area contributed by atoms with Gasteiger partial charge in [-0.25, -0.2) is 4.99 Å². The molecular weight excluding hydrogens is 287 g/mol. The van der Waals surface area contributed by atoms with Crippen molar-refractivity contribution >= 4 is 45.8 Å². The highest BCUT2D eigenvalue weighted by atomic mass is 35.5. The summed E-state index contributed by atoms with van der Waals surface area (Å²) < 4.78 is 0. The van der Waals surface area contributed by atoms with Crippen LogP contribution in [0.2, 0.25) is 10.0 Å². The van der Waals surface area contributed by atoms with Crippen LogP contribution in [-0.4, -0.2) is 29.4 Å². The number of nitrogens with zero attached hydrogens (tertiary/aromatic N) is 2. The topological polar surface area (TPSA) is 15.6 Å². The molecule has 0 atom stereocenters. The molecule has 1 aliphatic rings. The Morgan fingerprint density at radius 1 is 1.17 bits per heavy atom. The molecule has 2 nitrogen and oxygen atoms in total. The summed E-state index contributed by atoms with van der Waals surface area (Å²) in [5.74, 6) is 0. The van der Waals surface area contributed by atoms with E-state index in [2.05, 4.69) is 16.1 Å². The average molecular weight is 303 g/mol. The molecule has 0 amide bonds. The zero-order valence-corrected chi connectivity index (χ0v) is 12.7. The summed E-state index contributed by atoms with van der Waals surface area (Å²) in [6.07, 6.45) is 5.89. The number of rotatable bonds is 1. The number of hydrogen-bond donors (Lipinski definition) is 0. The van der Waals surface area contributed by atoms with Crippen LogP contribution in [0.3, 0.4) is 0 Å². The molecule has 98 valence electrons. The first-order chi connectivity index (χ1) is 8.70. The Kier molecular flexibility index (Phi) is 5.22. The van der Waals surface area contributed by atoms with Crippen molar-refractivity contribution in [2.24, 2.45) is 4.99 Å². The molecule has 5 heteroatoms. The van der Waals surface area contributed by atoms with Gasteiger partial charge in [0.15, 0.2) is 5.17 Å². The van der Waals surface area contributed by atoms with E-state index in [1.165, 1.54) is 19.3 Å². The summed E-state index contributed by atoms with van der Waals surface area (Å²) in [5, 5.41) is 2.18. The van der Waals surface area contributed by atoms with Crippen LogP contribution >= 0.6 is 35.0 Å². The number of piperidine rings is 1. The van der Waals surface area contributed by atoms with Gasteiger partial charge in [0.25, 0.3) is 0 Å². The lowest BCUT2D eigenvalue weighted by Crippen LogP contribution is -2.33. The van der Waals surface area contributed by atoms with Crippen molar-refractivity contribution in [1.29, 1.82) is 0 Å². The predicted molar refractivity (Wildman–Crippen MR) is 82.5 cm³/mol. The molecule has 1 saturated heterocycles. The zero-order chi connectivity index (χ0) is 13.0. The zero-order valence-electron chi connectivity index (χ0n) is 10.3. The third kappa shape index (κ3) is 3.56. The second-order valence-electron chi connectivity index (χ2n) is 4.24. The lowest BCUT2D eigenvalue weighted by atomic mass is 10.1. The molecule has 1 aromatic carbocycles. The van der Waals surface area contributed by atoms with Gasteiger partial charge in [0.1, 0.15) is 0 Å². The average Bonchev–Trinajstić information content (AvgIpc) is 2.41. The maximum Gasteiger partial charge on any atom is 0.164 e. The van der Waals surface area contributed by atoms with Gasteiger partial charge in [-0.2, -0.15) is 0 Å². The number of benzene rings is 1. The number of aliphatic imine (C=N–C) groups is 1. The largest absolute Gasteiger partial charge is 0.351 e. The highest BCUT2D eigenvalue weighted by Crippen LogP contribution is 2.28. The third-order valence-corrected chi connectivity index (χ3v) is 4.39. The second kappa shape index (κ2) is 6.69. The molecule has 0 aliphatic carbocycles. The van der Waals surface area contributed by atoms with E-state index >= 15 is 0 Å². The van der Waals surface area contributed by atoms with Crippen molar-refractivity contribution in [3.8, 4) is 0 Å². The number of halogens is 2. The van der Waals surface area contributed by atoms with E-state index in [1.807, 2.05) is 12.1 Å². The molecule has 0 N–H and O–H groups in total. The Bertz CT molecular complexity index is 443. The van der Waals surface area contributed by atoms with Gasteiger partial charge in [-0.15, -0.1) is 0 Å². The minimum atomic E-state index is 0.553.